The highest BCUT2D eigenvalue weighted by Gasteiger charge is 2.35. The predicted molar refractivity (Wildman–Crippen MR) is 140 cm³/mol. The molecule has 1 amide bonds. The van der Waals surface area contributed by atoms with Gasteiger partial charge in [-0.1, -0.05) is 30.3 Å². The van der Waals surface area contributed by atoms with E-state index in [0.29, 0.717) is 30.6 Å². The zero-order valence-corrected chi connectivity index (χ0v) is 21.9. The number of fused-ring (bicyclic) bond motifs is 1. The molecule has 1 fully saturated rings. The van der Waals surface area contributed by atoms with E-state index in [1.807, 2.05) is 35.2 Å². The smallest absolute Gasteiger partial charge is 0.433 e. The number of rotatable bonds is 6. The summed E-state index contributed by atoms with van der Waals surface area (Å²) in [6, 6.07) is 14.2. The van der Waals surface area contributed by atoms with Gasteiger partial charge >= 0.3 is 6.18 Å². The van der Waals surface area contributed by atoms with Gasteiger partial charge in [0.1, 0.15) is 23.2 Å². The zero-order valence-electron chi connectivity index (χ0n) is 21.9. The van der Waals surface area contributed by atoms with E-state index in [2.05, 4.69) is 9.97 Å². The van der Waals surface area contributed by atoms with Gasteiger partial charge in [0.05, 0.1) is 19.7 Å². The highest BCUT2D eigenvalue weighted by Crippen LogP contribution is 2.37. The maximum atomic E-state index is 13.6. The normalized spacial score (nSPS) is 17.3. The van der Waals surface area contributed by atoms with Gasteiger partial charge in [0.2, 0.25) is 5.89 Å². The highest BCUT2D eigenvalue weighted by molar-refractivity contribution is 5.98. The summed E-state index contributed by atoms with van der Waals surface area (Å²) in [6.45, 7) is 3.02. The van der Waals surface area contributed by atoms with Crippen LogP contribution in [0.5, 0.6) is 5.75 Å². The van der Waals surface area contributed by atoms with Crippen LogP contribution in [0, 0.1) is 0 Å². The van der Waals surface area contributed by atoms with Gasteiger partial charge in [-0.25, -0.2) is 9.97 Å². The van der Waals surface area contributed by atoms with Crippen LogP contribution in [-0.2, 0) is 12.7 Å². The zero-order chi connectivity index (χ0) is 28.6. The van der Waals surface area contributed by atoms with Gasteiger partial charge in [0.15, 0.2) is 11.5 Å². The minimum atomic E-state index is -4.64. The van der Waals surface area contributed by atoms with E-state index in [0.717, 1.165) is 11.6 Å². The Labute approximate surface area is 228 Å². The van der Waals surface area contributed by atoms with Crippen molar-refractivity contribution in [2.24, 2.45) is 5.73 Å². The second kappa shape index (κ2) is 10.9. The molecular formula is C28H28F3N5O4. The van der Waals surface area contributed by atoms with Gasteiger partial charge in [0.25, 0.3) is 5.91 Å². The van der Waals surface area contributed by atoms with Crippen LogP contribution in [0.2, 0.25) is 0 Å². The summed E-state index contributed by atoms with van der Waals surface area (Å²) in [7, 11) is 1.33. The first-order valence-electron chi connectivity index (χ1n) is 12.6. The summed E-state index contributed by atoms with van der Waals surface area (Å²) in [6.07, 6.45) is -5.53. The quantitative estimate of drug-likeness (QED) is 0.363. The number of hydrogen-bond acceptors (Lipinski definition) is 8. The third-order valence-corrected chi connectivity index (χ3v) is 6.81. The summed E-state index contributed by atoms with van der Waals surface area (Å²) in [5.74, 6) is -0.184. The molecule has 210 valence electrons. The number of hydrogen-bond donors (Lipinski definition) is 2. The van der Waals surface area contributed by atoms with Crippen LogP contribution in [0.4, 0.5) is 13.2 Å². The number of aromatic nitrogens is 2. The average Bonchev–Trinajstić information content (AvgIpc) is 3.38. The lowest BCUT2D eigenvalue weighted by molar-refractivity contribution is -0.140. The van der Waals surface area contributed by atoms with Gasteiger partial charge in [-0.2, -0.15) is 13.2 Å². The van der Waals surface area contributed by atoms with Crippen molar-refractivity contribution in [1.82, 2.24) is 19.8 Å². The van der Waals surface area contributed by atoms with Crippen LogP contribution < -0.4 is 10.5 Å². The number of oxazole rings is 1. The molecule has 3 N–H and O–H groups in total. The topological polar surface area (TPSA) is 118 Å². The molecule has 1 unspecified atom stereocenters. The van der Waals surface area contributed by atoms with Crippen LogP contribution >= 0.6 is 0 Å². The molecule has 5 rings (SSSR count). The first kappa shape index (κ1) is 27.6. The average molecular weight is 556 g/mol. The minimum Gasteiger partial charge on any atom is -0.494 e. The van der Waals surface area contributed by atoms with Crippen LogP contribution in [0.3, 0.4) is 0 Å². The van der Waals surface area contributed by atoms with Gasteiger partial charge < -0.3 is 24.9 Å². The number of carbonyl (C=O) groups excluding carboxylic acids is 1. The van der Waals surface area contributed by atoms with Crippen molar-refractivity contribution < 1.29 is 32.2 Å². The third kappa shape index (κ3) is 5.37. The number of piperazine rings is 1. The monoisotopic (exact) mass is 555 g/mol. The molecule has 2 aromatic heterocycles. The Morgan fingerprint density at radius 1 is 1.15 bits per heavy atom. The van der Waals surface area contributed by atoms with E-state index in [-0.39, 0.29) is 35.2 Å². The lowest BCUT2D eigenvalue weighted by Gasteiger charge is -2.38. The van der Waals surface area contributed by atoms with Gasteiger partial charge in [-0.3, -0.25) is 9.69 Å². The van der Waals surface area contributed by atoms with Gasteiger partial charge in [-0.15, -0.1) is 0 Å². The van der Waals surface area contributed by atoms with Crippen molar-refractivity contribution in [3.05, 3.63) is 77.3 Å². The predicted octanol–water partition coefficient (Wildman–Crippen LogP) is 4.21. The number of pyridine rings is 1. The lowest BCUT2D eigenvalue weighted by atomic mass is 10.1. The summed E-state index contributed by atoms with van der Waals surface area (Å²) in [5.41, 5.74) is 6.37. The van der Waals surface area contributed by atoms with Crippen molar-refractivity contribution in [3.63, 3.8) is 0 Å². The number of alkyl halides is 3. The number of methoxy groups -OCH3 is 1. The molecule has 0 aliphatic carbocycles. The fourth-order valence-corrected chi connectivity index (χ4v) is 4.75. The Morgan fingerprint density at radius 2 is 1.90 bits per heavy atom. The molecule has 3 heterocycles. The Morgan fingerprint density at radius 3 is 2.55 bits per heavy atom. The van der Waals surface area contributed by atoms with E-state index in [4.69, 9.17) is 14.9 Å². The molecule has 4 aromatic rings. The largest absolute Gasteiger partial charge is 0.494 e. The maximum absolute atomic E-state index is 13.6. The highest BCUT2D eigenvalue weighted by atomic mass is 19.4. The SMILES string of the molecule is COc1ccc(-c2nc(C(=O)N3CCN(Cc4ccccc4)C(O)C3)c([C@H](C)N)o2)c2ccc(C(F)(F)F)nc12. The van der Waals surface area contributed by atoms with Crippen molar-refractivity contribution in [2.45, 2.75) is 31.9 Å². The molecule has 0 bridgehead atoms. The molecule has 1 saturated heterocycles. The number of aliphatic hydroxyl groups excluding tert-OH is 1. The van der Waals surface area contributed by atoms with Gasteiger partial charge in [0, 0.05) is 30.6 Å². The molecule has 0 saturated carbocycles. The Hall–Kier alpha value is -4.00. The fourth-order valence-electron chi connectivity index (χ4n) is 4.75. The van der Waals surface area contributed by atoms with Gasteiger partial charge in [-0.05, 0) is 36.8 Å². The summed E-state index contributed by atoms with van der Waals surface area (Å²) < 4.78 is 51.2. The number of aliphatic hydroxyl groups is 1. The number of carbonyl (C=O) groups is 1. The number of halogens is 3. The second-order valence-electron chi connectivity index (χ2n) is 9.61. The van der Waals surface area contributed by atoms with E-state index >= 15 is 0 Å². The Bertz CT molecular complexity index is 1520. The van der Waals surface area contributed by atoms with E-state index < -0.39 is 30.0 Å². The number of benzene rings is 2. The first-order valence-corrected chi connectivity index (χ1v) is 12.6. The standard InChI is InChI=1S/C28H28F3N5O4/c1-16(32)25-24(27(38)36-13-12-35(22(37)15-36)14-17-6-4-3-5-7-17)34-26(40-25)19-8-10-20(39-2)23-18(19)9-11-21(33-23)28(29,30)31/h3-11,16,22,37H,12-15,32H2,1-2H3/t16-,22?/m0/s1. The van der Waals surface area contributed by atoms with Crippen molar-refractivity contribution in [2.75, 3.05) is 26.7 Å². The number of nitrogens with two attached hydrogens (primary N) is 1. The molecule has 0 spiro atoms. The van der Waals surface area contributed by atoms with Crippen LogP contribution in [-0.4, -0.2) is 63.8 Å². The Kier molecular flexibility index (Phi) is 7.49. The molecule has 40 heavy (non-hydrogen) atoms. The van der Waals surface area contributed by atoms with Crippen LogP contribution in [0.15, 0.2) is 59.0 Å². The lowest BCUT2D eigenvalue weighted by Crippen LogP contribution is -2.54. The maximum Gasteiger partial charge on any atom is 0.433 e. The first-order chi connectivity index (χ1) is 19.1. The van der Waals surface area contributed by atoms with E-state index in [1.165, 1.54) is 24.1 Å². The Balaban J connectivity index is 1.45. The number of β-amino-alcohol motifs (C(OH)–C–C–N with tert-alkyl or cyclic N) is 1. The fraction of sp³-hybridized carbons (Fsp3) is 0.321. The summed E-state index contributed by atoms with van der Waals surface area (Å²) in [4.78, 5) is 25.1. The van der Waals surface area contributed by atoms with Crippen molar-refractivity contribution >= 4 is 16.8 Å². The summed E-state index contributed by atoms with van der Waals surface area (Å²) in [5, 5.41) is 11.1. The number of ether oxygens (including phenoxy) is 1. The van der Waals surface area contributed by atoms with Crippen molar-refractivity contribution in [3.8, 4) is 17.2 Å². The molecule has 1 aliphatic rings. The molecule has 2 aromatic carbocycles. The molecule has 9 nitrogen and oxygen atoms in total. The van der Waals surface area contributed by atoms with Crippen LogP contribution in [0.1, 0.15) is 40.5 Å². The number of amides is 1. The molecule has 2 atom stereocenters. The third-order valence-electron chi connectivity index (χ3n) is 6.81. The van der Waals surface area contributed by atoms with Crippen LogP contribution in [0.25, 0.3) is 22.4 Å². The van der Waals surface area contributed by atoms with E-state index in [9.17, 15) is 23.1 Å². The van der Waals surface area contributed by atoms with Crippen molar-refractivity contribution in [1.29, 1.82) is 0 Å². The molecule has 1 aliphatic heterocycles. The molecular weight excluding hydrogens is 527 g/mol. The second-order valence-corrected chi connectivity index (χ2v) is 9.61. The molecule has 0 radical (unpaired) electrons. The molecule has 12 heteroatoms. The minimum absolute atomic E-state index is 0.00752. The summed E-state index contributed by atoms with van der Waals surface area (Å²) >= 11 is 0. The number of nitrogens with zero attached hydrogens (tertiary/aromatic N) is 4. The van der Waals surface area contributed by atoms with E-state index in [1.54, 1.807) is 13.0 Å².